The lowest BCUT2D eigenvalue weighted by atomic mass is 9.78. The van der Waals surface area contributed by atoms with Crippen molar-refractivity contribution in [3.63, 3.8) is 0 Å². The number of rotatable bonds is 7. The maximum Gasteiger partial charge on any atom is 0.248 e. The summed E-state index contributed by atoms with van der Waals surface area (Å²) in [5.41, 5.74) is 2.70. The summed E-state index contributed by atoms with van der Waals surface area (Å²) >= 11 is 0. The Kier molecular flexibility index (Phi) is 6.84. The minimum absolute atomic E-state index is 0.244. The number of ether oxygens (including phenoxy) is 2. The van der Waals surface area contributed by atoms with Gasteiger partial charge in [0.2, 0.25) is 5.91 Å². The molecule has 2 aliphatic rings. The summed E-state index contributed by atoms with van der Waals surface area (Å²) in [6, 6.07) is 8.30. The van der Waals surface area contributed by atoms with Crippen molar-refractivity contribution < 1.29 is 18.7 Å². The van der Waals surface area contributed by atoms with E-state index in [1.165, 1.54) is 18.8 Å². The third kappa shape index (κ3) is 5.17. The van der Waals surface area contributed by atoms with Gasteiger partial charge in [0.1, 0.15) is 23.7 Å². The molecule has 0 atom stereocenters. The number of fused-ring (bicyclic) bond motifs is 1. The van der Waals surface area contributed by atoms with Gasteiger partial charge in [-0.05, 0) is 56.1 Å². The third-order valence-corrected chi connectivity index (χ3v) is 6.82. The molecule has 0 unspecified atom stereocenters. The SMILES string of the molecule is COc1cc2ncnc(Nc3ccc(F)c(C)c3)c2cc1NC(=O)/C=C/CN1CCCC2(COC2)C1. The molecule has 2 fully saturated rings. The molecule has 0 bridgehead atoms. The van der Waals surface area contributed by atoms with Gasteiger partial charge in [0, 0.05) is 41.7 Å². The van der Waals surface area contributed by atoms with Crippen LogP contribution in [0.3, 0.4) is 0 Å². The summed E-state index contributed by atoms with van der Waals surface area (Å²) in [7, 11) is 1.55. The van der Waals surface area contributed by atoms with E-state index in [0.29, 0.717) is 44.8 Å². The zero-order valence-corrected chi connectivity index (χ0v) is 20.5. The van der Waals surface area contributed by atoms with Crippen LogP contribution in [0, 0.1) is 18.2 Å². The zero-order chi connectivity index (χ0) is 25.1. The van der Waals surface area contributed by atoms with E-state index in [1.807, 2.05) is 6.08 Å². The molecule has 0 radical (unpaired) electrons. The number of aryl methyl sites for hydroxylation is 1. The Bertz CT molecular complexity index is 1310. The van der Waals surface area contributed by atoms with Gasteiger partial charge >= 0.3 is 0 Å². The van der Waals surface area contributed by atoms with Crippen LogP contribution in [0.15, 0.2) is 48.8 Å². The number of carbonyl (C=O) groups is 1. The van der Waals surface area contributed by atoms with Gasteiger partial charge in [0.05, 0.1) is 31.5 Å². The second-order valence-electron chi connectivity index (χ2n) is 9.60. The van der Waals surface area contributed by atoms with Crippen molar-refractivity contribution in [3.8, 4) is 5.75 Å². The number of carbonyl (C=O) groups excluding carboxylic acids is 1. The number of nitrogens with one attached hydrogen (secondary N) is 2. The maximum atomic E-state index is 13.7. The Balaban J connectivity index is 1.31. The molecule has 8 nitrogen and oxygen atoms in total. The third-order valence-electron chi connectivity index (χ3n) is 6.82. The van der Waals surface area contributed by atoms with Crippen LogP contribution < -0.4 is 15.4 Å². The second kappa shape index (κ2) is 10.2. The number of nitrogens with zero attached hydrogens (tertiary/aromatic N) is 3. The predicted octanol–water partition coefficient (Wildman–Crippen LogP) is 4.44. The van der Waals surface area contributed by atoms with Crippen molar-refractivity contribution in [2.24, 2.45) is 5.41 Å². The highest BCUT2D eigenvalue weighted by molar-refractivity contribution is 6.03. The van der Waals surface area contributed by atoms with Gasteiger partial charge in [0.15, 0.2) is 0 Å². The molecule has 36 heavy (non-hydrogen) atoms. The monoisotopic (exact) mass is 491 g/mol. The number of benzene rings is 2. The van der Waals surface area contributed by atoms with Crippen molar-refractivity contribution in [1.29, 1.82) is 0 Å². The number of anilines is 3. The van der Waals surface area contributed by atoms with Crippen molar-refractivity contribution in [2.45, 2.75) is 19.8 Å². The number of hydrogen-bond donors (Lipinski definition) is 2. The molecule has 188 valence electrons. The summed E-state index contributed by atoms with van der Waals surface area (Å²) in [5.74, 6) is 0.521. The number of hydrogen-bond acceptors (Lipinski definition) is 7. The molecule has 2 aliphatic heterocycles. The fraction of sp³-hybridized carbons (Fsp3) is 0.370. The van der Waals surface area contributed by atoms with Gasteiger partial charge in [-0.2, -0.15) is 0 Å². The molecule has 2 aromatic carbocycles. The van der Waals surface area contributed by atoms with E-state index in [0.717, 1.165) is 39.3 Å². The highest BCUT2D eigenvalue weighted by Gasteiger charge is 2.41. The van der Waals surface area contributed by atoms with Crippen LogP contribution in [0.1, 0.15) is 18.4 Å². The Hall–Kier alpha value is -3.56. The van der Waals surface area contributed by atoms with E-state index in [1.54, 1.807) is 44.4 Å². The van der Waals surface area contributed by atoms with Gasteiger partial charge in [-0.25, -0.2) is 14.4 Å². The molecule has 5 rings (SSSR count). The van der Waals surface area contributed by atoms with Crippen LogP contribution in [0.25, 0.3) is 10.9 Å². The standard InChI is InChI=1S/C27H30FN5O3/c1-18-11-19(6-7-21(18)28)31-26-20-12-23(24(35-2)13-22(20)29-17-30-26)32-25(34)5-3-9-33-10-4-8-27(14-33)15-36-16-27/h3,5-7,11-13,17H,4,8-10,14-16H2,1-2H3,(H,32,34)(H,29,30,31)/b5-3+. The summed E-state index contributed by atoms with van der Waals surface area (Å²) in [4.78, 5) is 23.8. The largest absolute Gasteiger partial charge is 0.494 e. The quantitative estimate of drug-likeness (QED) is 0.473. The first-order chi connectivity index (χ1) is 17.4. The molecular formula is C27H30FN5O3. The molecule has 3 aromatic rings. The van der Waals surface area contributed by atoms with Crippen molar-refractivity contribution in [1.82, 2.24) is 14.9 Å². The fourth-order valence-corrected chi connectivity index (χ4v) is 4.88. The number of halogens is 1. The molecule has 9 heteroatoms. The number of aromatic nitrogens is 2. The molecule has 2 saturated heterocycles. The fourth-order valence-electron chi connectivity index (χ4n) is 4.88. The van der Waals surface area contributed by atoms with Crippen molar-refractivity contribution in [3.05, 3.63) is 60.2 Å². The molecule has 0 saturated carbocycles. The number of amides is 1. The average molecular weight is 492 g/mol. The molecule has 0 aliphatic carbocycles. The van der Waals surface area contributed by atoms with Crippen LogP contribution in [0.4, 0.5) is 21.6 Å². The van der Waals surface area contributed by atoms with Crippen molar-refractivity contribution >= 4 is 34.0 Å². The molecule has 1 spiro atoms. The van der Waals surface area contributed by atoms with Crippen LogP contribution in [-0.2, 0) is 9.53 Å². The maximum absolute atomic E-state index is 13.7. The van der Waals surface area contributed by atoms with Crippen LogP contribution in [0.2, 0.25) is 0 Å². The summed E-state index contributed by atoms with van der Waals surface area (Å²) < 4.78 is 24.6. The van der Waals surface area contributed by atoms with E-state index in [4.69, 9.17) is 9.47 Å². The minimum atomic E-state index is -0.271. The first kappa shape index (κ1) is 24.1. The van der Waals surface area contributed by atoms with Crippen LogP contribution in [-0.4, -0.2) is 60.7 Å². The predicted molar refractivity (Wildman–Crippen MR) is 137 cm³/mol. The highest BCUT2D eigenvalue weighted by Crippen LogP contribution is 2.37. The van der Waals surface area contributed by atoms with Gasteiger partial charge in [0.25, 0.3) is 0 Å². The Morgan fingerprint density at radius 3 is 2.89 bits per heavy atom. The number of methoxy groups -OCH3 is 1. The Morgan fingerprint density at radius 1 is 1.28 bits per heavy atom. The summed E-state index contributed by atoms with van der Waals surface area (Å²) in [6.07, 6.45) is 7.28. The molecule has 1 amide bonds. The highest BCUT2D eigenvalue weighted by atomic mass is 19.1. The lowest BCUT2D eigenvalue weighted by molar-refractivity contribution is -0.142. The summed E-state index contributed by atoms with van der Waals surface area (Å²) in [5, 5.41) is 6.83. The van der Waals surface area contributed by atoms with Crippen molar-refractivity contribution in [2.75, 3.05) is 50.6 Å². The zero-order valence-electron chi connectivity index (χ0n) is 20.5. The second-order valence-corrected chi connectivity index (χ2v) is 9.60. The number of likely N-dealkylation sites (tertiary alicyclic amines) is 1. The van der Waals surface area contributed by atoms with E-state index >= 15 is 0 Å². The molecular weight excluding hydrogens is 461 g/mol. The first-order valence-corrected chi connectivity index (χ1v) is 12.1. The lowest BCUT2D eigenvalue weighted by Gasteiger charge is -2.48. The minimum Gasteiger partial charge on any atom is -0.494 e. The number of piperidine rings is 1. The molecule has 1 aromatic heterocycles. The van der Waals surface area contributed by atoms with Gasteiger partial charge in [-0.1, -0.05) is 6.08 Å². The molecule has 2 N–H and O–H groups in total. The van der Waals surface area contributed by atoms with Gasteiger partial charge in [-0.15, -0.1) is 0 Å². The first-order valence-electron chi connectivity index (χ1n) is 12.1. The Morgan fingerprint density at radius 2 is 2.14 bits per heavy atom. The van der Waals surface area contributed by atoms with Gasteiger partial charge < -0.3 is 20.1 Å². The van der Waals surface area contributed by atoms with E-state index in [-0.39, 0.29) is 11.7 Å². The summed E-state index contributed by atoms with van der Waals surface area (Å²) in [6.45, 7) is 6.17. The van der Waals surface area contributed by atoms with E-state index < -0.39 is 0 Å². The Labute approximate surface area is 209 Å². The average Bonchev–Trinajstić information content (AvgIpc) is 2.85. The smallest absolute Gasteiger partial charge is 0.248 e. The molecule has 3 heterocycles. The van der Waals surface area contributed by atoms with E-state index in [2.05, 4.69) is 25.5 Å². The van der Waals surface area contributed by atoms with E-state index in [9.17, 15) is 9.18 Å². The van der Waals surface area contributed by atoms with Crippen LogP contribution in [0.5, 0.6) is 5.75 Å². The normalized spacial score (nSPS) is 17.3. The lowest BCUT2D eigenvalue weighted by Crippen LogP contribution is -2.54. The van der Waals surface area contributed by atoms with Crippen LogP contribution >= 0.6 is 0 Å². The van der Waals surface area contributed by atoms with Gasteiger partial charge in [-0.3, -0.25) is 9.69 Å². The topological polar surface area (TPSA) is 88.6 Å².